The predicted octanol–water partition coefficient (Wildman–Crippen LogP) is 3.06. The van der Waals surface area contributed by atoms with Crippen LogP contribution in [-0.2, 0) is 16.4 Å². The molecule has 0 atom stereocenters. The Morgan fingerprint density at radius 3 is 2.43 bits per heavy atom. The summed E-state index contributed by atoms with van der Waals surface area (Å²) in [4.78, 5) is 2.14. The third kappa shape index (κ3) is 4.83. The van der Waals surface area contributed by atoms with Crippen molar-refractivity contribution in [2.24, 2.45) is 11.1 Å². The molecule has 7 heteroatoms. The molecule has 2 aromatic rings. The summed E-state index contributed by atoms with van der Waals surface area (Å²) in [6, 6.07) is 14.8. The van der Waals surface area contributed by atoms with Gasteiger partial charge in [0.15, 0.2) is 0 Å². The van der Waals surface area contributed by atoms with Gasteiger partial charge in [0.05, 0.1) is 23.3 Å². The first kappa shape index (κ1) is 20.2. The largest absolute Gasteiger partial charge is 0.497 e. The average Bonchev–Trinajstić information content (AvgIpc) is 2.72. The number of nitrogens with zero attached hydrogens (tertiary/aromatic N) is 2. The van der Waals surface area contributed by atoms with Crippen LogP contribution in [0.4, 0.5) is 5.69 Å². The van der Waals surface area contributed by atoms with Gasteiger partial charge in [-0.3, -0.25) is 0 Å². The van der Waals surface area contributed by atoms with E-state index in [2.05, 4.69) is 23.1 Å². The van der Waals surface area contributed by atoms with E-state index in [1.807, 2.05) is 12.1 Å². The molecule has 0 amide bonds. The molecule has 28 heavy (non-hydrogen) atoms. The van der Waals surface area contributed by atoms with Gasteiger partial charge >= 0.3 is 0 Å². The Morgan fingerprint density at radius 1 is 1.18 bits per heavy atom. The number of nitrogens with two attached hydrogens (primary N) is 1. The molecule has 1 heterocycles. The van der Waals surface area contributed by atoms with E-state index in [1.165, 1.54) is 17.7 Å². The van der Waals surface area contributed by atoms with Crippen molar-refractivity contribution >= 4 is 15.7 Å². The molecule has 1 fully saturated rings. The molecule has 0 aliphatic carbocycles. The highest BCUT2D eigenvalue weighted by Crippen LogP contribution is 2.29. The number of rotatable bonds is 6. The van der Waals surface area contributed by atoms with Crippen molar-refractivity contribution in [3.05, 3.63) is 53.6 Å². The van der Waals surface area contributed by atoms with E-state index in [0.717, 1.165) is 50.2 Å². The highest BCUT2D eigenvalue weighted by atomic mass is 32.2. The lowest BCUT2D eigenvalue weighted by atomic mass is 9.90. The van der Waals surface area contributed by atoms with Crippen molar-refractivity contribution in [3.63, 3.8) is 0 Å². The number of hydrogen-bond acceptors (Lipinski definition) is 5. The van der Waals surface area contributed by atoms with Crippen molar-refractivity contribution in [2.75, 3.05) is 25.1 Å². The number of benzene rings is 2. The van der Waals surface area contributed by atoms with Crippen LogP contribution in [0, 0.1) is 17.2 Å². The molecule has 1 saturated heterocycles. The van der Waals surface area contributed by atoms with Gasteiger partial charge in [0.2, 0.25) is 10.0 Å². The molecular weight excluding hydrogens is 374 g/mol. The zero-order valence-electron chi connectivity index (χ0n) is 16.0. The van der Waals surface area contributed by atoms with Gasteiger partial charge < -0.3 is 9.64 Å². The van der Waals surface area contributed by atoms with Crippen molar-refractivity contribution in [1.82, 2.24) is 0 Å². The maximum absolute atomic E-state index is 11.5. The van der Waals surface area contributed by atoms with Gasteiger partial charge in [0.25, 0.3) is 0 Å². The van der Waals surface area contributed by atoms with Crippen LogP contribution < -0.4 is 14.8 Å². The summed E-state index contributed by atoms with van der Waals surface area (Å²) >= 11 is 0. The second kappa shape index (κ2) is 8.63. The fourth-order valence-corrected chi connectivity index (χ4v) is 4.22. The number of primary sulfonamides is 1. The number of nitriles is 1. The monoisotopic (exact) mass is 399 g/mol. The number of anilines is 1. The Morgan fingerprint density at radius 2 is 1.86 bits per heavy atom. The van der Waals surface area contributed by atoms with E-state index in [9.17, 15) is 13.7 Å². The summed E-state index contributed by atoms with van der Waals surface area (Å²) in [7, 11) is -2.14. The van der Waals surface area contributed by atoms with E-state index < -0.39 is 10.0 Å². The first-order valence-corrected chi connectivity index (χ1v) is 10.9. The molecule has 2 N–H and O–H groups in total. The van der Waals surface area contributed by atoms with E-state index >= 15 is 0 Å². The van der Waals surface area contributed by atoms with E-state index in [-0.39, 0.29) is 4.90 Å². The van der Waals surface area contributed by atoms with Crippen LogP contribution in [0.5, 0.6) is 5.75 Å². The van der Waals surface area contributed by atoms with Crippen molar-refractivity contribution in [3.8, 4) is 11.8 Å². The minimum Gasteiger partial charge on any atom is -0.497 e. The van der Waals surface area contributed by atoms with E-state index in [4.69, 9.17) is 9.88 Å². The summed E-state index contributed by atoms with van der Waals surface area (Å²) in [5, 5.41) is 14.6. The SMILES string of the molecule is COc1ccc(CCC2CCN(c3ccc(S(N)(=O)=O)cc3C#N)CC2)cc1. The van der Waals surface area contributed by atoms with Crippen LogP contribution in [0.3, 0.4) is 0 Å². The minimum absolute atomic E-state index is 0.0258. The fourth-order valence-electron chi connectivity index (χ4n) is 3.68. The van der Waals surface area contributed by atoms with Gasteiger partial charge in [-0.2, -0.15) is 5.26 Å². The topological polar surface area (TPSA) is 96.4 Å². The van der Waals surface area contributed by atoms with E-state index in [0.29, 0.717) is 11.5 Å². The zero-order valence-corrected chi connectivity index (χ0v) is 16.8. The lowest BCUT2D eigenvalue weighted by Gasteiger charge is -2.34. The Balaban J connectivity index is 1.58. The smallest absolute Gasteiger partial charge is 0.238 e. The second-order valence-corrected chi connectivity index (χ2v) is 8.71. The fraction of sp³-hybridized carbons (Fsp3) is 0.381. The van der Waals surface area contributed by atoms with Gasteiger partial charge in [0.1, 0.15) is 11.8 Å². The molecule has 1 aliphatic heterocycles. The summed E-state index contributed by atoms with van der Waals surface area (Å²) in [6.07, 6.45) is 4.28. The van der Waals surface area contributed by atoms with Crippen molar-refractivity contribution in [2.45, 2.75) is 30.6 Å². The Kier molecular flexibility index (Phi) is 6.22. The maximum Gasteiger partial charge on any atom is 0.238 e. The Hall–Kier alpha value is -2.56. The number of hydrogen-bond donors (Lipinski definition) is 1. The lowest BCUT2D eigenvalue weighted by molar-refractivity contribution is 0.381. The van der Waals surface area contributed by atoms with Crippen LogP contribution in [0.25, 0.3) is 0 Å². The number of ether oxygens (including phenoxy) is 1. The molecule has 6 nitrogen and oxygen atoms in total. The van der Waals surface area contributed by atoms with Gasteiger partial charge in [-0.25, -0.2) is 13.6 Å². The molecule has 0 radical (unpaired) electrons. The third-order valence-corrected chi connectivity index (χ3v) is 6.28. The molecule has 148 valence electrons. The molecule has 3 rings (SSSR count). The third-order valence-electron chi connectivity index (χ3n) is 5.37. The number of sulfonamides is 1. The molecule has 1 aliphatic rings. The van der Waals surface area contributed by atoms with Gasteiger partial charge in [-0.1, -0.05) is 12.1 Å². The standard InChI is InChI=1S/C21H25N3O3S/c1-27-19-6-4-16(5-7-19)2-3-17-10-12-24(13-11-17)21-9-8-20(28(23,25)26)14-18(21)15-22/h4-9,14,17H,2-3,10-13H2,1H3,(H2,23,25,26). The molecule has 2 aromatic carbocycles. The summed E-state index contributed by atoms with van der Waals surface area (Å²) < 4.78 is 28.2. The summed E-state index contributed by atoms with van der Waals surface area (Å²) in [6.45, 7) is 1.72. The molecule has 0 saturated carbocycles. The normalized spacial score (nSPS) is 15.2. The Labute approximate surface area is 166 Å². The molecular formula is C21H25N3O3S. The second-order valence-electron chi connectivity index (χ2n) is 7.15. The van der Waals surface area contributed by atoms with Gasteiger partial charge in [-0.15, -0.1) is 0 Å². The average molecular weight is 400 g/mol. The summed E-state index contributed by atoms with van der Waals surface area (Å²) in [5.41, 5.74) is 2.44. The predicted molar refractivity (Wildman–Crippen MR) is 109 cm³/mol. The van der Waals surface area contributed by atoms with Gasteiger partial charge in [-0.05, 0) is 67.5 Å². The molecule has 0 unspecified atom stereocenters. The quantitative estimate of drug-likeness (QED) is 0.805. The summed E-state index contributed by atoms with van der Waals surface area (Å²) in [5.74, 6) is 1.52. The molecule has 0 spiro atoms. The van der Waals surface area contributed by atoms with Crippen molar-refractivity contribution < 1.29 is 13.2 Å². The van der Waals surface area contributed by atoms with Crippen LogP contribution in [0.2, 0.25) is 0 Å². The van der Waals surface area contributed by atoms with Crippen molar-refractivity contribution in [1.29, 1.82) is 5.26 Å². The van der Waals surface area contributed by atoms with Crippen LogP contribution >= 0.6 is 0 Å². The van der Waals surface area contributed by atoms with Crippen LogP contribution in [0.1, 0.15) is 30.4 Å². The molecule has 0 bridgehead atoms. The molecule has 0 aromatic heterocycles. The van der Waals surface area contributed by atoms with Crippen LogP contribution in [-0.4, -0.2) is 28.6 Å². The van der Waals surface area contributed by atoms with E-state index in [1.54, 1.807) is 13.2 Å². The maximum atomic E-state index is 11.5. The number of aryl methyl sites for hydroxylation is 1. The minimum atomic E-state index is -3.81. The number of methoxy groups -OCH3 is 1. The first-order chi connectivity index (χ1) is 13.4. The Bertz CT molecular complexity index is 957. The number of piperidine rings is 1. The highest BCUT2D eigenvalue weighted by Gasteiger charge is 2.22. The zero-order chi connectivity index (χ0) is 20.1. The van der Waals surface area contributed by atoms with Crippen LogP contribution in [0.15, 0.2) is 47.4 Å². The van der Waals surface area contributed by atoms with Gasteiger partial charge in [0, 0.05) is 13.1 Å². The first-order valence-electron chi connectivity index (χ1n) is 9.35. The lowest BCUT2D eigenvalue weighted by Crippen LogP contribution is -2.34. The highest BCUT2D eigenvalue weighted by molar-refractivity contribution is 7.89.